The SMILES string of the molecule is Clc1ccccc1N1C(=C2N=C(c3ccccc3)C(c3ccccc3)=N2)N=C(c2ccccc2)C1c1ccccc1. The second kappa shape index (κ2) is 10.8. The van der Waals surface area contributed by atoms with E-state index in [1.165, 1.54) is 0 Å². The molecule has 0 N–H and O–H groups in total. The molecule has 0 fully saturated rings. The maximum atomic E-state index is 6.89. The van der Waals surface area contributed by atoms with E-state index in [9.17, 15) is 0 Å². The number of anilines is 1. The van der Waals surface area contributed by atoms with Crippen molar-refractivity contribution in [1.29, 1.82) is 0 Å². The summed E-state index contributed by atoms with van der Waals surface area (Å²) in [5.74, 6) is 1.21. The van der Waals surface area contributed by atoms with Gasteiger partial charge in [-0.3, -0.25) is 0 Å². The van der Waals surface area contributed by atoms with Crippen LogP contribution in [0.5, 0.6) is 0 Å². The highest BCUT2D eigenvalue weighted by molar-refractivity contribution is 6.55. The Balaban J connectivity index is 1.51. The first kappa shape index (κ1) is 24.9. The zero-order valence-corrected chi connectivity index (χ0v) is 22.9. The molecule has 0 saturated carbocycles. The van der Waals surface area contributed by atoms with Crippen LogP contribution < -0.4 is 4.90 Å². The van der Waals surface area contributed by atoms with Crippen molar-refractivity contribution in [3.63, 3.8) is 0 Å². The van der Waals surface area contributed by atoms with Gasteiger partial charge >= 0.3 is 0 Å². The lowest BCUT2D eigenvalue weighted by Gasteiger charge is -2.29. The first-order chi connectivity index (χ1) is 20.3. The Hall–Kier alpha value is -5.06. The van der Waals surface area contributed by atoms with E-state index in [1.807, 2.05) is 84.9 Å². The van der Waals surface area contributed by atoms with Crippen LogP contribution in [0, 0.1) is 0 Å². The van der Waals surface area contributed by atoms with Crippen LogP contribution in [0.15, 0.2) is 172 Å². The first-order valence-corrected chi connectivity index (χ1v) is 13.9. The molecule has 5 heteroatoms. The van der Waals surface area contributed by atoms with Crippen molar-refractivity contribution in [2.75, 3.05) is 4.90 Å². The van der Waals surface area contributed by atoms with Crippen molar-refractivity contribution in [2.45, 2.75) is 6.04 Å². The highest BCUT2D eigenvalue weighted by Crippen LogP contribution is 2.44. The van der Waals surface area contributed by atoms with Crippen molar-refractivity contribution in [1.82, 2.24) is 0 Å². The largest absolute Gasteiger partial charge is 0.309 e. The van der Waals surface area contributed by atoms with E-state index in [4.69, 9.17) is 26.6 Å². The van der Waals surface area contributed by atoms with Gasteiger partial charge in [-0.1, -0.05) is 145 Å². The first-order valence-electron chi connectivity index (χ1n) is 13.5. The average molecular weight is 549 g/mol. The number of aliphatic imine (C=N–C) groups is 3. The molecule has 0 amide bonds. The third-order valence-electron chi connectivity index (χ3n) is 7.22. The van der Waals surface area contributed by atoms with Crippen LogP contribution in [0.3, 0.4) is 0 Å². The van der Waals surface area contributed by atoms with E-state index in [0.29, 0.717) is 16.7 Å². The Morgan fingerprint density at radius 3 is 1.49 bits per heavy atom. The molecule has 4 nitrogen and oxygen atoms in total. The summed E-state index contributed by atoms with van der Waals surface area (Å²) in [6, 6.07) is 48.7. The van der Waals surface area contributed by atoms with Gasteiger partial charge in [-0.15, -0.1) is 0 Å². The molecule has 196 valence electrons. The standard InChI is InChI=1S/C36H25ClN4/c37-29-23-13-14-24-30(29)41-34(28-21-11-4-12-22-28)33(27-19-9-3-10-20-27)40-36(41)35-38-31(25-15-5-1-6-16-25)32(39-35)26-17-7-2-8-18-26/h1-24,34H. The molecule has 5 aromatic carbocycles. The fourth-order valence-corrected chi connectivity index (χ4v) is 5.57. The summed E-state index contributed by atoms with van der Waals surface area (Å²) < 4.78 is 0. The number of para-hydroxylation sites is 1. The number of rotatable bonds is 5. The number of nitrogens with zero attached hydrogens (tertiary/aromatic N) is 4. The van der Waals surface area contributed by atoms with E-state index in [0.717, 1.165) is 45.1 Å². The number of hydrogen-bond acceptors (Lipinski definition) is 4. The summed E-state index contributed by atoms with van der Waals surface area (Å²) in [6.45, 7) is 0. The van der Waals surface area contributed by atoms with Crippen LogP contribution in [-0.4, -0.2) is 17.1 Å². The molecule has 0 aliphatic carbocycles. The van der Waals surface area contributed by atoms with Gasteiger partial charge in [0.05, 0.1) is 27.8 Å². The zero-order valence-electron chi connectivity index (χ0n) is 22.1. The Morgan fingerprint density at radius 1 is 0.488 bits per heavy atom. The predicted octanol–water partition coefficient (Wildman–Crippen LogP) is 8.51. The van der Waals surface area contributed by atoms with Crippen molar-refractivity contribution in [2.24, 2.45) is 15.0 Å². The van der Waals surface area contributed by atoms with E-state index in [1.54, 1.807) is 0 Å². The van der Waals surface area contributed by atoms with Crippen LogP contribution in [0.2, 0.25) is 5.02 Å². The van der Waals surface area contributed by atoms with Crippen molar-refractivity contribution in [3.05, 3.63) is 185 Å². The Labute approximate surface area is 244 Å². The Kier molecular flexibility index (Phi) is 6.59. The van der Waals surface area contributed by atoms with Gasteiger partial charge < -0.3 is 4.90 Å². The number of halogens is 1. The van der Waals surface area contributed by atoms with Gasteiger partial charge in [0.1, 0.15) is 6.04 Å². The number of hydrogen-bond donors (Lipinski definition) is 0. The van der Waals surface area contributed by atoms with Gasteiger partial charge in [0, 0.05) is 11.1 Å². The highest BCUT2D eigenvalue weighted by atomic mass is 35.5. The molecule has 0 bridgehead atoms. The van der Waals surface area contributed by atoms with Gasteiger partial charge in [0.25, 0.3) is 0 Å². The molecule has 0 aromatic heterocycles. The predicted molar refractivity (Wildman–Crippen MR) is 169 cm³/mol. The molecule has 2 heterocycles. The summed E-state index contributed by atoms with van der Waals surface area (Å²) in [4.78, 5) is 17.8. The molecule has 0 saturated heterocycles. The van der Waals surface area contributed by atoms with Crippen LogP contribution in [-0.2, 0) is 0 Å². The quantitative estimate of drug-likeness (QED) is 0.217. The minimum Gasteiger partial charge on any atom is -0.309 e. The third-order valence-corrected chi connectivity index (χ3v) is 7.54. The van der Waals surface area contributed by atoms with Crippen molar-refractivity contribution >= 4 is 34.4 Å². The summed E-state index contributed by atoms with van der Waals surface area (Å²) in [7, 11) is 0. The molecule has 41 heavy (non-hydrogen) atoms. The van der Waals surface area contributed by atoms with E-state index in [2.05, 4.69) is 65.6 Å². The van der Waals surface area contributed by atoms with Crippen molar-refractivity contribution in [3.8, 4) is 0 Å². The van der Waals surface area contributed by atoms with Gasteiger partial charge in [0.2, 0.25) is 0 Å². The minimum absolute atomic E-state index is 0.229. The lowest BCUT2D eigenvalue weighted by molar-refractivity contribution is 0.869. The maximum Gasteiger partial charge on any atom is 0.197 e. The van der Waals surface area contributed by atoms with Gasteiger partial charge in [-0.05, 0) is 23.3 Å². The molecule has 0 radical (unpaired) electrons. The fraction of sp³-hybridized carbons (Fsp3) is 0.0278. The zero-order chi connectivity index (χ0) is 27.6. The van der Waals surface area contributed by atoms with Gasteiger partial charge in [-0.25, -0.2) is 15.0 Å². The topological polar surface area (TPSA) is 40.3 Å². The number of benzene rings is 5. The van der Waals surface area contributed by atoms with Gasteiger partial charge in [-0.2, -0.15) is 0 Å². The molecule has 7 rings (SSSR count). The lowest BCUT2D eigenvalue weighted by atomic mass is 9.96. The highest BCUT2D eigenvalue weighted by Gasteiger charge is 2.39. The van der Waals surface area contributed by atoms with E-state index in [-0.39, 0.29) is 6.04 Å². The Morgan fingerprint density at radius 2 is 0.951 bits per heavy atom. The molecule has 1 unspecified atom stereocenters. The molecule has 2 aliphatic rings. The molecule has 1 atom stereocenters. The smallest absolute Gasteiger partial charge is 0.197 e. The third kappa shape index (κ3) is 4.69. The second-order valence-electron chi connectivity index (χ2n) is 9.80. The van der Waals surface area contributed by atoms with Crippen LogP contribution in [0.1, 0.15) is 28.3 Å². The van der Waals surface area contributed by atoms with Crippen molar-refractivity contribution < 1.29 is 0 Å². The van der Waals surface area contributed by atoms with Crippen LogP contribution in [0.4, 0.5) is 5.69 Å². The molecule has 5 aromatic rings. The normalized spacial score (nSPS) is 16.5. The molecule has 2 aliphatic heterocycles. The summed E-state index contributed by atoms with van der Waals surface area (Å²) >= 11 is 6.89. The summed E-state index contributed by atoms with van der Waals surface area (Å²) in [5, 5.41) is 0.633. The minimum atomic E-state index is -0.229. The molecular formula is C36H25ClN4. The van der Waals surface area contributed by atoms with Crippen LogP contribution >= 0.6 is 11.6 Å². The maximum absolute atomic E-state index is 6.89. The summed E-state index contributed by atoms with van der Waals surface area (Å²) in [5.41, 5.74) is 7.53. The average Bonchev–Trinajstić information content (AvgIpc) is 3.66. The van der Waals surface area contributed by atoms with Gasteiger partial charge in [0.15, 0.2) is 11.6 Å². The summed E-state index contributed by atoms with van der Waals surface area (Å²) in [6.07, 6.45) is 0. The van der Waals surface area contributed by atoms with Crippen LogP contribution in [0.25, 0.3) is 0 Å². The molecule has 0 spiro atoms. The van der Waals surface area contributed by atoms with E-state index < -0.39 is 0 Å². The van der Waals surface area contributed by atoms with E-state index >= 15 is 0 Å². The lowest BCUT2D eigenvalue weighted by Crippen LogP contribution is -2.28. The molecular weight excluding hydrogens is 524 g/mol. The Bertz CT molecular complexity index is 1770. The fourth-order valence-electron chi connectivity index (χ4n) is 5.34. The monoisotopic (exact) mass is 548 g/mol. The second-order valence-corrected chi connectivity index (χ2v) is 10.2.